The summed E-state index contributed by atoms with van der Waals surface area (Å²) in [6.45, 7) is 1.49. The van der Waals surface area contributed by atoms with Crippen LogP contribution >= 0.6 is 11.8 Å². The summed E-state index contributed by atoms with van der Waals surface area (Å²) >= 11 is 1.65. The van der Waals surface area contributed by atoms with Crippen molar-refractivity contribution in [2.24, 2.45) is 0 Å². The van der Waals surface area contributed by atoms with Gasteiger partial charge >= 0.3 is 0 Å². The zero-order valence-corrected chi connectivity index (χ0v) is 6.91. The van der Waals surface area contributed by atoms with Gasteiger partial charge in [-0.05, 0) is 19.1 Å². The first-order valence-corrected chi connectivity index (χ1v) is 4.60. The largest absolute Gasteiger partial charge is 0.381 e. The molecular weight excluding hydrogens is 146 g/mol. The number of hydrogen-bond donors (Lipinski definition) is 0. The van der Waals surface area contributed by atoms with Crippen LogP contribution in [-0.4, -0.2) is 24.2 Å². The van der Waals surface area contributed by atoms with Crippen molar-refractivity contribution in [1.82, 2.24) is 0 Å². The monoisotopic (exact) mass is 157 g/mol. The van der Waals surface area contributed by atoms with Crippen LogP contribution in [0.4, 0.5) is 0 Å². The van der Waals surface area contributed by atoms with Gasteiger partial charge in [0.15, 0.2) is 0 Å². The fraction of sp³-hybridized carbons (Fsp3) is 0.857. The number of ether oxygens (including phenoxy) is 1. The topological polar surface area (TPSA) is 33.0 Å². The average molecular weight is 157 g/mol. The minimum atomic E-state index is -0.141. The summed E-state index contributed by atoms with van der Waals surface area (Å²) in [7, 11) is 0. The van der Waals surface area contributed by atoms with Gasteiger partial charge in [0, 0.05) is 13.2 Å². The van der Waals surface area contributed by atoms with Gasteiger partial charge < -0.3 is 4.74 Å². The Labute approximate surface area is 65.6 Å². The SMILES string of the molecule is CSC1(C#N)CCOCC1. The Morgan fingerprint density at radius 2 is 2.10 bits per heavy atom. The van der Waals surface area contributed by atoms with E-state index in [0.29, 0.717) is 0 Å². The summed E-state index contributed by atoms with van der Waals surface area (Å²) < 4.78 is 5.02. The lowest BCUT2D eigenvalue weighted by molar-refractivity contribution is 0.0887. The highest BCUT2D eigenvalue weighted by atomic mass is 32.2. The molecule has 0 aromatic carbocycles. The van der Waals surface area contributed by atoms with Gasteiger partial charge in [-0.1, -0.05) is 0 Å². The fourth-order valence-electron chi connectivity index (χ4n) is 1.06. The summed E-state index contributed by atoms with van der Waals surface area (Å²) in [5.74, 6) is 0. The number of nitriles is 1. The Bertz CT molecular complexity index is 146. The standard InChI is InChI=1S/C7H11NOS/c1-10-7(6-8)2-4-9-5-3-7/h2-5H2,1H3. The Balaban J connectivity index is 2.55. The Hall–Kier alpha value is -0.200. The van der Waals surface area contributed by atoms with Crippen molar-refractivity contribution in [1.29, 1.82) is 5.26 Å². The molecule has 1 heterocycles. The molecule has 0 atom stereocenters. The molecule has 10 heavy (non-hydrogen) atoms. The van der Waals surface area contributed by atoms with Crippen molar-refractivity contribution in [2.45, 2.75) is 17.6 Å². The van der Waals surface area contributed by atoms with Gasteiger partial charge in [0.05, 0.1) is 6.07 Å². The molecule has 1 aliphatic rings. The van der Waals surface area contributed by atoms with Crippen LogP contribution < -0.4 is 0 Å². The molecule has 56 valence electrons. The van der Waals surface area contributed by atoms with Gasteiger partial charge in [-0.25, -0.2) is 0 Å². The molecule has 0 bridgehead atoms. The maximum absolute atomic E-state index is 8.82. The van der Waals surface area contributed by atoms with Gasteiger partial charge in [0.2, 0.25) is 0 Å². The predicted molar refractivity (Wildman–Crippen MR) is 41.9 cm³/mol. The number of nitrogens with zero attached hydrogens (tertiary/aromatic N) is 1. The molecule has 0 aromatic rings. The molecule has 1 saturated heterocycles. The van der Waals surface area contributed by atoms with Gasteiger partial charge in [-0.15, -0.1) is 11.8 Å². The highest BCUT2D eigenvalue weighted by Gasteiger charge is 2.31. The van der Waals surface area contributed by atoms with Crippen molar-refractivity contribution < 1.29 is 4.74 Å². The Morgan fingerprint density at radius 3 is 2.40 bits per heavy atom. The normalized spacial score (nSPS) is 23.6. The van der Waals surface area contributed by atoms with Crippen molar-refractivity contribution in [3.63, 3.8) is 0 Å². The van der Waals surface area contributed by atoms with Gasteiger partial charge in [-0.2, -0.15) is 5.26 Å². The van der Waals surface area contributed by atoms with Crippen LogP contribution in [0.25, 0.3) is 0 Å². The van der Waals surface area contributed by atoms with Crippen molar-refractivity contribution in [3.8, 4) is 6.07 Å². The highest BCUT2D eigenvalue weighted by Crippen LogP contribution is 2.32. The van der Waals surface area contributed by atoms with Crippen LogP contribution in [0.5, 0.6) is 0 Å². The molecule has 0 amide bonds. The van der Waals surface area contributed by atoms with E-state index in [0.717, 1.165) is 26.1 Å². The van der Waals surface area contributed by atoms with Crippen molar-refractivity contribution >= 4 is 11.8 Å². The number of thioether (sulfide) groups is 1. The van der Waals surface area contributed by atoms with Crippen LogP contribution in [0.15, 0.2) is 0 Å². The van der Waals surface area contributed by atoms with E-state index in [1.54, 1.807) is 11.8 Å². The van der Waals surface area contributed by atoms with Crippen LogP contribution in [0, 0.1) is 11.3 Å². The van der Waals surface area contributed by atoms with Gasteiger partial charge in [-0.3, -0.25) is 0 Å². The second-order valence-corrected chi connectivity index (χ2v) is 3.61. The third-order valence-corrected chi connectivity index (χ3v) is 3.18. The molecule has 1 rings (SSSR count). The van der Waals surface area contributed by atoms with E-state index in [1.807, 2.05) is 6.26 Å². The molecule has 0 saturated carbocycles. The van der Waals surface area contributed by atoms with E-state index >= 15 is 0 Å². The molecule has 0 aliphatic carbocycles. The summed E-state index contributed by atoms with van der Waals surface area (Å²) in [4.78, 5) is 0. The predicted octanol–water partition coefficient (Wildman–Crippen LogP) is 1.42. The summed E-state index contributed by atoms with van der Waals surface area (Å²) in [5.41, 5.74) is 0. The van der Waals surface area contributed by atoms with Crippen molar-refractivity contribution in [3.05, 3.63) is 0 Å². The van der Waals surface area contributed by atoms with Crippen molar-refractivity contribution in [2.75, 3.05) is 19.5 Å². The number of rotatable bonds is 1. The van der Waals surface area contributed by atoms with E-state index in [4.69, 9.17) is 10.00 Å². The summed E-state index contributed by atoms with van der Waals surface area (Å²) in [5, 5.41) is 8.82. The van der Waals surface area contributed by atoms with E-state index in [-0.39, 0.29) is 4.75 Å². The zero-order valence-electron chi connectivity index (χ0n) is 6.09. The molecule has 0 spiro atoms. The average Bonchev–Trinajstić information content (AvgIpc) is 2.06. The molecule has 3 heteroatoms. The molecule has 1 aliphatic heterocycles. The van der Waals surface area contributed by atoms with E-state index in [1.165, 1.54) is 0 Å². The lowest BCUT2D eigenvalue weighted by Crippen LogP contribution is -2.30. The van der Waals surface area contributed by atoms with E-state index < -0.39 is 0 Å². The fourth-order valence-corrected chi connectivity index (χ4v) is 1.73. The summed E-state index contributed by atoms with van der Waals surface area (Å²) in [6.07, 6.45) is 3.75. The Kier molecular flexibility index (Phi) is 2.58. The lowest BCUT2D eigenvalue weighted by Gasteiger charge is -2.28. The van der Waals surface area contributed by atoms with E-state index in [9.17, 15) is 0 Å². The zero-order chi connectivity index (χ0) is 7.45. The van der Waals surface area contributed by atoms with Gasteiger partial charge in [0.1, 0.15) is 4.75 Å². The first-order valence-electron chi connectivity index (χ1n) is 3.37. The first-order chi connectivity index (χ1) is 4.83. The number of hydrogen-bond acceptors (Lipinski definition) is 3. The maximum Gasteiger partial charge on any atom is 0.106 e. The van der Waals surface area contributed by atoms with E-state index in [2.05, 4.69) is 6.07 Å². The molecule has 0 unspecified atom stereocenters. The molecule has 0 radical (unpaired) electrons. The second kappa shape index (κ2) is 3.27. The quantitative estimate of drug-likeness (QED) is 0.577. The second-order valence-electron chi connectivity index (χ2n) is 2.42. The minimum Gasteiger partial charge on any atom is -0.381 e. The van der Waals surface area contributed by atoms with Gasteiger partial charge in [0.25, 0.3) is 0 Å². The lowest BCUT2D eigenvalue weighted by atomic mass is 10.0. The van der Waals surface area contributed by atoms with Crippen LogP contribution in [0.3, 0.4) is 0 Å². The third kappa shape index (κ3) is 1.44. The first kappa shape index (κ1) is 7.90. The molecule has 2 nitrogen and oxygen atoms in total. The summed E-state index contributed by atoms with van der Waals surface area (Å²) in [6, 6.07) is 2.35. The molecule has 0 N–H and O–H groups in total. The Morgan fingerprint density at radius 1 is 1.50 bits per heavy atom. The highest BCUT2D eigenvalue weighted by molar-refractivity contribution is 8.00. The smallest absolute Gasteiger partial charge is 0.106 e. The molecular formula is C7H11NOS. The third-order valence-electron chi connectivity index (χ3n) is 1.89. The van der Waals surface area contributed by atoms with Crippen LogP contribution in [0.2, 0.25) is 0 Å². The minimum absolute atomic E-state index is 0.141. The molecule has 0 aromatic heterocycles. The van der Waals surface area contributed by atoms with Crippen LogP contribution in [0.1, 0.15) is 12.8 Å². The maximum atomic E-state index is 8.82. The molecule has 1 fully saturated rings. The van der Waals surface area contributed by atoms with Crippen LogP contribution in [-0.2, 0) is 4.74 Å².